The Balaban J connectivity index is 1.11. The average Bonchev–Trinajstić information content (AvgIpc) is 3.57. The zero-order valence-corrected chi connectivity index (χ0v) is 25.6. The van der Waals surface area contributed by atoms with E-state index in [1.807, 2.05) is 11.6 Å². The molecule has 4 aromatic rings. The molecule has 0 bridgehead atoms. The zero-order chi connectivity index (χ0) is 34.4. The first-order valence-corrected chi connectivity index (χ1v) is 15.7. The molecule has 3 aromatic carbocycles. The van der Waals surface area contributed by atoms with Crippen molar-refractivity contribution < 1.29 is 45.8 Å². The molecule has 1 aromatic heterocycles. The molecule has 0 aliphatic carbocycles. The summed E-state index contributed by atoms with van der Waals surface area (Å²) >= 11 is 0. The second-order valence-corrected chi connectivity index (χ2v) is 12.5. The molecule has 1 N–H and O–H groups in total. The molecule has 48 heavy (non-hydrogen) atoms. The number of amides is 3. The molecule has 3 amide bonds. The normalized spacial score (nSPS) is 16.5. The van der Waals surface area contributed by atoms with Gasteiger partial charge in [-0.1, -0.05) is 42.0 Å². The van der Waals surface area contributed by atoms with E-state index in [-0.39, 0.29) is 45.3 Å². The Morgan fingerprint density at radius 2 is 1.67 bits per heavy atom. The van der Waals surface area contributed by atoms with Crippen LogP contribution < -0.4 is 4.72 Å². The largest absolute Gasteiger partial charge is 0.569 e. The number of alkyl halides is 3. The third kappa shape index (κ3) is 6.04. The Bertz CT molecular complexity index is 2030. The van der Waals surface area contributed by atoms with Crippen LogP contribution in [0.5, 0.6) is 0 Å². The van der Waals surface area contributed by atoms with E-state index >= 15 is 0 Å². The maximum absolute atomic E-state index is 13.5. The topological polar surface area (TPSA) is 169 Å². The van der Waals surface area contributed by atoms with Gasteiger partial charge in [0.05, 0.1) is 38.9 Å². The van der Waals surface area contributed by atoms with Crippen molar-refractivity contribution in [3.63, 3.8) is 0 Å². The lowest BCUT2D eigenvalue weighted by Crippen LogP contribution is -2.59. The Hall–Kier alpha value is -5.78. The lowest BCUT2D eigenvalue weighted by atomic mass is 10.1. The van der Waals surface area contributed by atoms with Gasteiger partial charge in [-0.05, 0) is 49.4 Å². The van der Waals surface area contributed by atoms with Gasteiger partial charge in [-0.15, -0.1) is 5.01 Å². The first-order chi connectivity index (χ1) is 22.7. The number of rotatable bonds is 9. The molecule has 1 atom stereocenters. The van der Waals surface area contributed by atoms with Crippen LogP contribution in [0.3, 0.4) is 0 Å². The molecule has 0 unspecified atom stereocenters. The van der Waals surface area contributed by atoms with E-state index < -0.39 is 52.4 Å². The van der Waals surface area contributed by atoms with Crippen LogP contribution in [0.15, 0.2) is 89.0 Å². The number of carbonyl (C=O) groups excluding carboxylic acids is 3. The first-order valence-electron chi connectivity index (χ1n) is 14.2. The van der Waals surface area contributed by atoms with Crippen LogP contribution in [-0.4, -0.2) is 70.1 Å². The Morgan fingerprint density at radius 1 is 1.04 bits per heavy atom. The maximum Gasteiger partial charge on any atom is 0.435 e. The van der Waals surface area contributed by atoms with E-state index in [0.717, 1.165) is 38.4 Å². The van der Waals surface area contributed by atoms with Crippen molar-refractivity contribution in [3.05, 3.63) is 106 Å². The molecule has 14 nitrogen and oxygen atoms in total. The Kier molecular flexibility index (Phi) is 8.11. The standard InChI is InChI=1S/C30H24F3N7O7S/c1-18-6-8-19(9-7-18)25-16-26(30(31,32)33)34-39(25)20-10-12-21(13-11-20)48(45,46)35-27(41)24-14-15-38(24)40(44)36-47-17-37-28(42)22-4-2-3-5-23(22)29(37)43/h2-13,16,24H,14-15,17H2,1H3,(H,35,41)/b40-36+/t24-/m0/s1. The third-order valence-electron chi connectivity index (χ3n) is 7.68. The van der Waals surface area contributed by atoms with E-state index in [1.165, 1.54) is 24.3 Å². The molecule has 3 heterocycles. The lowest BCUT2D eigenvalue weighted by molar-refractivity contribution is -0.728. The minimum Gasteiger partial charge on any atom is -0.569 e. The monoisotopic (exact) mass is 683 g/mol. The lowest BCUT2D eigenvalue weighted by Gasteiger charge is -2.33. The number of aromatic nitrogens is 2. The van der Waals surface area contributed by atoms with Crippen LogP contribution in [0.2, 0.25) is 0 Å². The quantitative estimate of drug-likeness (QED) is 0.119. The summed E-state index contributed by atoms with van der Waals surface area (Å²) in [6.45, 7) is 1.17. The summed E-state index contributed by atoms with van der Waals surface area (Å²) in [5, 5.41) is 20.3. The second kappa shape index (κ2) is 12.1. The van der Waals surface area contributed by atoms with Crippen molar-refractivity contribution in [1.29, 1.82) is 0 Å². The summed E-state index contributed by atoms with van der Waals surface area (Å²) in [5.41, 5.74) is 0.797. The molecule has 0 spiro atoms. The minimum atomic E-state index is -4.73. The van der Waals surface area contributed by atoms with Crippen LogP contribution in [0.4, 0.5) is 13.2 Å². The number of hydrogen-bond acceptors (Lipinski definition) is 9. The highest BCUT2D eigenvalue weighted by atomic mass is 32.2. The summed E-state index contributed by atoms with van der Waals surface area (Å²) in [6, 6.07) is 17.2. The van der Waals surface area contributed by atoms with E-state index in [2.05, 4.69) is 10.4 Å². The fraction of sp³-hybridized carbons (Fsp3) is 0.200. The molecule has 18 heteroatoms. The summed E-state index contributed by atoms with van der Waals surface area (Å²) in [7, 11) is -4.48. The van der Waals surface area contributed by atoms with Crippen molar-refractivity contribution in [2.45, 2.75) is 30.5 Å². The number of hydrazine groups is 1. The van der Waals surface area contributed by atoms with Gasteiger partial charge < -0.3 is 10.0 Å². The number of imide groups is 1. The smallest absolute Gasteiger partial charge is 0.435 e. The summed E-state index contributed by atoms with van der Waals surface area (Å²) in [4.78, 5) is 42.8. The van der Waals surface area contributed by atoms with Gasteiger partial charge in [-0.3, -0.25) is 14.4 Å². The zero-order valence-electron chi connectivity index (χ0n) is 24.8. The van der Waals surface area contributed by atoms with E-state index in [0.29, 0.717) is 5.56 Å². The van der Waals surface area contributed by atoms with Crippen LogP contribution >= 0.6 is 0 Å². The van der Waals surface area contributed by atoms with Gasteiger partial charge >= 0.3 is 6.18 Å². The van der Waals surface area contributed by atoms with Crippen molar-refractivity contribution in [1.82, 2.24) is 24.4 Å². The van der Waals surface area contributed by atoms with E-state index in [4.69, 9.17) is 4.84 Å². The number of carbonyl (C=O) groups is 3. The van der Waals surface area contributed by atoms with Crippen LogP contribution in [-0.2, 0) is 25.8 Å². The minimum absolute atomic E-state index is 0.0172. The fourth-order valence-corrected chi connectivity index (χ4v) is 6.07. The van der Waals surface area contributed by atoms with Crippen molar-refractivity contribution in [3.8, 4) is 16.9 Å². The predicted molar refractivity (Wildman–Crippen MR) is 158 cm³/mol. The van der Waals surface area contributed by atoms with Gasteiger partial charge in [0.2, 0.25) is 12.0 Å². The van der Waals surface area contributed by atoms with Gasteiger partial charge in [0.25, 0.3) is 27.7 Å². The van der Waals surface area contributed by atoms with Gasteiger partial charge in [0, 0.05) is 12.0 Å². The van der Waals surface area contributed by atoms with Crippen molar-refractivity contribution >= 4 is 27.7 Å². The van der Waals surface area contributed by atoms with E-state index in [9.17, 15) is 41.2 Å². The van der Waals surface area contributed by atoms with Gasteiger partial charge in [0.1, 0.15) is 0 Å². The molecule has 0 saturated carbocycles. The predicted octanol–water partition coefficient (Wildman–Crippen LogP) is 3.81. The second-order valence-electron chi connectivity index (χ2n) is 10.8. The van der Waals surface area contributed by atoms with Crippen molar-refractivity contribution in [2.75, 3.05) is 13.3 Å². The SMILES string of the molecule is Cc1ccc(-c2cc(C(F)(F)F)nn2-c2ccc(S(=O)(=O)NC(=O)[C@@H]3CCN3/[N+]([O-])=N\OCN3C(=O)c4ccccc4C3=O)cc2)cc1. The highest BCUT2D eigenvalue weighted by Crippen LogP contribution is 2.33. The van der Waals surface area contributed by atoms with E-state index in [1.54, 1.807) is 36.4 Å². The molecule has 2 aliphatic heterocycles. The van der Waals surface area contributed by atoms with Crippen molar-refractivity contribution in [2.24, 2.45) is 5.28 Å². The van der Waals surface area contributed by atoms with Crippen LogP contribution in [0.25, 0.3) is 16.9 Å². The number of fused-ring (bicyclic) bond motifs is 1. The summed E-state index contributed by atoms with van der Waals surface area (Å²) in [6.07, 6.45) is -4.64. The number of nitrogens with one attached hydrogen (secondary N) is 1. The summed E-state index contributed by atoms with van der Waals surface area (Å²) < 4.78 is 69.5. The first kappa shape index (κ1) is 32.2. The molecular formula is C30H24F3N7O7S. The van der Waals surface area contributed by atoms with Gasteiger partial charge in [-0.2, -0.15) is 18.3 Å². The number of hydrogen-bond donors (Lipinski definition) is 1. The highest BCUT2D eigenvalue weighted by molar-refractivity contribution is 7.90. The molecule has 6 rings (SSSR count). The number of halogens is 3. The third-order valence-corrected chi connectivity index (χ3v) is 9.04. The molecule has 0 radical (unpaired) electrons. The van der Waals surface area contributed by atoms with Crippen LogP contribution in [0, 0.1) is 12.1 Å². The number of aryl methyl sites for hydroxylation is 1. The molecular weight excluding hydrogens is 659 g/mol. The number of nitrogens with zero attached hydrogens (tertiary/aromatic N) is 6. The Labute approximate surface area is 270 Å². The fourth-order valence-electron chi connectivity index (χ4n) is 5.05. The van der Waals surface area contributed by atoms with Crippen LogP contribution in [0.1, 0.15) is 38.4 Å². The molecule has 1 saturated heterocycles. The molecule has 1 fully saturated rings. The maximum atomic E-state index is 13.5. The van der Waals surface area contributed by atoms with Gasteiger partial charge in [-0.25, -0.2) is 22.7 Å². The molecule has 248 valence electrons. The average molecular weight is 684 g/mol. The Morgan fingerprint density at radius 3 is 2.23 bits per heavy atom. The molecule has 2 aliphatic rings. The highest BCUT2D eigenvalue weighted by Gasteiger charge is 2.43. The van der Waals surface area contributed by atoms with Gasteiger partial charge in [0.15, 0.2) is 11.7 Å². The summed E-state index contributed by atoms with van der Waals surface area (Å²) in [5.74, 6) is -2.32. The number of sulfonamides is 1. The number of benzene rings is 3.